The van der Waals surface area contributed by atoms with Gasteiger partial charge in [0.15, 0.2) is 0 Å². The van der Waals surface area contributed by atoms with Gasteiger partial charge in [0, 0.05) is 5.02 Å². The molecule has 1 saturated heterocycles. The van der Waals surface area contributed by atoms with Crippen LogP contribution in [0.15, 0.2) is 47.7 Å². The Balaban J connectivity index is 0.000000815. The van der Waals surface area contributed by atoms with Gasteiger partial charge >= 0.3 is 0 Å². The third-order valence-electron chi connectivity index (χ3n) is 4.96. The van der Waals surface area contributed by atoms with Gasteiger partial charge in [0.05, 0.1) is 6.04 Å². The van der Waals surface area contributed by atoms with E-state index in [1.165, 1.54) is 22.3 Å². The summed E-state index contributed by atoms with van der Waals surface area (Å²) in [6.07, 6.45) is 11.0. The van der Waals surface area contributed by atoms with Crippen molar-refractivity contribution in [3.8, 4) is 0 Å². The summed E-state index contributed by atoms with van der Waals surface area (Å²) in [5.74, 6) is 0. The first-order valence-electron chi connectivity index (χ1n) is 9.16. The topological polar surface area (TPSA) is 24.1 Å². The van der Waals surface area contributed by atoms with Crippen LogP contribution >= 0.6 is 11.6 Å². The quantitative estimate of drug-likeness (QED) is 0.703. The second-order valence-electron chi connectivity index (χ2n) is 6.27. The average molecular weight is 343 g/mol. The molecule has 2 heterocycles. The van der Waals surface area contributed by atoms with Crippen LogP contribution in [0.3, 0.4) is 0 Å². The molecule has 2 N–H and O–H groups in total. The maximum atomic E-state index is 6.25. The summed E-state index contributed by atoms with van der Waals surface area (Å²) in [4.78, 5) is 0. The van der Waals surface area contributed by atoms with Gasteiger partial charge in [0.1, 0.15) is 0 Å². The summed E-state index contributed by atoms with van der Waals surface area (Å²) in [5, 5.41) is 7.92. The maximum Gasteiger partial charge on any atom is 0.0730 e. The fourth-order valence-electron chi connectivity index (χ4n) is 3.88. The van der Waals surface area contributed by atoms with Crippen molar-refractivity contribution in [1.29, 1.82) is 0 Å². The van der Waals surface area contributed by atoms with E-state index in [4.69, 9.17) is 11.6 Å². The molecule has 1 fully saturated rings. The van der Waals surface area contributed by atoms with Gasteiger partial charge in [-0.25, -0.2) is 0 Å². The number of hydrogen-bond acceptors (Lipinski definition) is 2. The summed E-state index contributed by atoms with van der Waals surface area (Å²) >= 11 is 6.25. The molecule has 1 aromatic rings. The minimum atomic E-state index is 0.334. The highest BCUT2D eigenvalue weighted by Gasteiger charge is 2.28. The second kappa shape index (κ2) is 8.04. The van der Waals surface area contributed by atoms with Gasteiger partial charge in [-0.2, -0.15) is 0 Å². The van der Waals surface area contributed by atoms with E-state index in [0.717, 1.165) is 43.8 Å². The van der Waals surface area contributed by atoms with E-state index >= 15 is 0 Å². The van der Waals surface area contributed by atoms with Crippen LogP contribution in [0, 0.1) is 0 Å². The highest BCUT2D eigenvalue weighted by atomic mass is 35.5. The molecule has 0 bridgehead atoms. The van der Waals surface area contributed by atoms with Gasteiger partial charge in [-0.15, -0.1) is 0 Å². The van der Waals surface area contributed by atoms with Gasteiger partial charge < -0.3 is 10.6 Å². The second-order valence-corrected chi connectivity index (χ2v) is 6.71. The van der Waals surface area contributed by atoms with E-state index in [1.54, 1.807) is 5.57 Å². The van der Waals surface area contributed by atoms with Crippen molar-refractivity contribution in [3.05, 3.63) is 63.8 Å². The first-order chi connectivity index (χ1) is 11.8. The summed E-state index contributed by atoms with van der Waals surface area (Å²) in [5.41, 5.74) is 7.39. The number of benzene rings is 1. The molecule has 0 saturated carbocycles. The SMILES string of the molecule is CC.Clc1ccc2c(c1)CCC1=CC=CNC1C2=C1CCNCC1. The number of rotatable bonds is 0. The zero-order valence-electron chi connectivity index (χ0n) is 14.7. The van der Waals surface area contributed by atoms with Crippen LogP contribution in [0.4, 0.5) is 0 Å². The third-order valence-corrected chi connectivity index (χ3v) is 5.19. The summed E-state index contributed by atoms with van der Waals surface area (Å²) in [7, 11) is 0. The van der Waals surface area contributed by atoms with Crippen LogP contribution in [0.5, 0.6) is 0 Å². The number of fused-ring (bicyclic) bond motifs is 2. The summed E-state index contributed by atoms with van der Waals surface area (Å²) in [6.45, 7) is 6.17. The molecule has 0 spiro atoms. The molecule has 0 radical (unpaired) electrons. The molecule has 2 aliphatic heterocycles. The van der Waals surface area contributed by atoms with Crippen molar-refractivity contribution in [2.75, 3.05) is 13.1 Å². The molecule has 1 unspecified atom stereocenters. The monoisotopic (exact) mass is 342 g/mol. The molecule has 3 aliphatic rings. The number of allylic oxidation sites excluding steroid dienone is 2. The molecule has 1 atom stereocenters. The van der Waals surface area contributed by atoms with Crippen molar-refractivity contribution in [2.24, 2.45) is 0 Å². The molecule has 2 nitrogen and oxygen atoms in total. The Morgan fingerprint density at radius 2 is 1.83 bits per heavy atom. The van der Waals surface area contributed by atoms with E-state index in [-0.39, 0.29) is 0 Å². The molecule has 128 valence electrons. The van der Waals surface area contributed by atoms with E-state index in [2.05, 4.69) is 41.1 Å². The summed E-state index contributed by atoms with van der Waals surface area (Å²) in [6, 6.07) is 6.75. The zero-order chi connectivity index (χ0) is 16.9. The van der Waals surface area contributed by atoms with Gasteiger partial charge in [-0.3, -0.25) is 0 Å². The molecule has 3 heteroatoms. The van der Waals surface area contributed by atoms with Crippen molar-refractivity contribution in [2.45, 2.75) is 45.6 Å². The molecule has 1 aliphatic carbocycles. The molecule has 0 aromatic heterocycles. The first kappa shape index (κ1) is 17.3. The smallest absolute Gasteiger partial charge is 0.0730 e. The van der Waals surface area contributed by atoms with Crippen LogP contribution in [0.1, 0.15) is 44.2 Å². The Morgan fingerprint density at radius 3 is 2.62 bits per heavy atom. The number of nitrogens with one attached hydrogen (secondary N) is 2. The van der Waals surface area contributed by atoms with E-state index in [9.17, 15) is 0 Å². The normalized spacial score (nSPS) is 22.3. The Kier molecular flexibility index (Phi) is 5.80. The molecule has 1 aromatic carbocycles. The molecule has 4 rings (SSSR count). The summed E-state index contributed by atoms with van der Waals surface area (Å²) < 4.78 is 0. The van der Waals surface area contributed by atoms with Crippen molar-refractivity contribution >= 4 is 17.2 Å². The minimum absolute atomic E-state index is 0.334. The Hall–Kier alpha value is -1.51. The predicted octanol–water partition coefficient (Wildman–Crippen LogP) is 4.86. The highest BCUT2D eigenvalue weighted by molar-refractivity contribution is 6.30. The van der Waals surface area contributed by atoms with Crippen molar-refractivity contribution < 1.29 is 0 Å². The average Bonchev–Trinajstić information content (AvgIpc) is 2.81. The number of dihydropyridines is 1. The first-order valence-corrected chi connectivity index (χ1v) is 9.54. The lowest BCUT2D eigenvalue weighted by atomic mass is 9.85. The minimum Gasteiger partial charge on any atom is -0.380 e. The Bertz CT molecular complexity index is 677. The predicted molar refractivity (Wildman–Crippen MR) is 104 cm³/mol. The Labute approximate surface area is 150 Å². The van der Waals surface area contributed by atoms with Gasteiger partial charge in [-0.1, -0.05) is 43.2 Å². The van der Waals surface area contributed by atoms with Crippen molar-refractivity contribution in [1.82, 2.24) is 10.6 Å². The van der Waals surface area contributed by atoms with Crippen LogP contribution in [-0.2, 0) is 6.42 Å². The van der Waals surface area contributed by atoms with Crippen LogP contribution < -0.4 is 10.6 Å². The standard InChI is InChI=1S/C19H21ClN2.C2H6/c20-16-5-6-17-15(12-16)4-3-14-2-1-9-22-19(14)18(17)13-7-10-21-11-8-13;1-2/h1-2,5-6,9,12,19,21-22H,3-4,7-8,10-11H2;1-2H3. The fraction of sp³-hybridized carbons (Fsp3) is 0.429. The van der Waals surface area contributed by atoms with E-state index < -0.39 is 0 Å². The van der Waals surface area contributed by atoms with Gasteiger partial charge in [-0.05, 0) is 85.5 Å². The van der Waals surface area contributed by atoms with Gasteiger partial charge in [0.2, 0.25) is 0 Å². The third kappa shape index (κ3) is 3.45. The maximum absolute atomic E-state index is 6.25. The molecule has 0 amide bonds. The van der Waals surface area contributed by atoms with Crippen LogP contribution in [0.2, 0.25) is 5.02 Å². The largest absolute Gasteiger partial charge is 0.380 e. The van der Waals surface area contributed by atoms with Crippen LogP contribution in [0.25, 0.3) is 5.57 Å². The van der Waals surface area contributed by atoms with E-state index in [0.29, 0.717) is 6.04 Å². The lowest BCUT2D eigenvalue weighted by molar-refractivity contribution is 0.606. The zero-order valence-corrected chi connectivity index (χ0v) is 15.4. The van der Waals surface area contributed by atoms with E-state index in [1.807, 2.05) is 19.9 Å². The number of aryl methyl sites for hydroxylation is 1. The molecular weight excluding hydrogens is 316 g/mol. The molecular formula is C21H27ClN2. The lowest BCUT2D eigenvalue weighted by Crippen LogP contribution is -2.32. The number of hydrogen-bond donors (Lipinski definition) is 2. The van der Waals surface area contributed by atoms with Gasteiger partial charge in [0.25, 0.3) is 0 Å². The molecule has 24 heavy (non-hydrogen) atoms. The lowest BCUT2D eigenvalue weighted by Gasteiger charge is -2.29. The fourth-order valence-corrected chi connectivity index (χ4v) is 4.08. The number of piperidine rings is 1. The Morgan fingerprint density at radius 1 is 1.04 bits per heavy atom. The number of halogens is 1. The highest BCUT2D eigenvalue weighted by Crippen LogP contribution is 2.38. The van der Waals surface area contributed by atoms with Crippen LogP contribution in [-0.4, -0.2) is 19.1 Å². The van der Waals surface area contributed by atoms with Crippen molar-refractivity contribution in [3.63, 3.8) is 0 Å².